The number of nitrogens with zero attached hydrogens (tertiary/aromatic N) is 7. The molecule has 0 radical (unpaired) electrons. The first-order chi connectivity index (χ1) is 21.6. The van der Waals surface area contributed by atoms with Crippen LogP contribution < -0.4 is 18.5 Å². The molecule has 2 aromatic heterocycles. The molecule has 46 heavy (non-hydrogen) atoms. The van der Waals surface area contributed by atoms with E-state index in [2.05, 4.69) is 30.1 Å². The van der Waals surface area contributed by atoms with Gasteiger partial charge in [0.25, 0.3) is 0 Å². The van der Waals surface area contributed by atoms with Crippen LogP contribution in [0, 0.1) is 0 Å². The Hall–Kier alpha value is -5.24. The van der Waals surface area contributed by atoms with Crippen LogP contribution in [0.25, 0.3) is 0 Å². The van der Waals surface area contributed by atoms with Crippen LogP contribution >= 0.6 is 0 Å². The Kier molecular flexibility index (Phi) is 11.3. The van der Waals surface area contributed by atoms with Crippen molar-refractivity contribution in [1.29, 1.82) is 0 Å². The number of benzene rings is 2. The van der Waals surface area contributed by atoms with Crippen molar-refractivity contribution in [1.82, 2.24) is 30.0 Å². The maximum absolute atomic E-state index is 11.9. The third-order valence-corrected chi connectivity index (χ3v) is 7.82. The van der Waals surface area contributed by atoms with E-state index >= 15 is 0 Å². The molecule has 0 atom stereocenters. The van der Waals surface area contributed by atoms with Crippen LogP contribution in [-0.2, 0) is 37.9 Å². The average molecular weight is 681 g/mol. The van der Waals surface area contributed by atoms with E-state index in [4.69, 9.17) is 14.6 Å². The van der Waals surface area contributed by atoms with Gasteiger partial charge in [-0.3, -0.25) is 9.03 Å². The van der Waals surface area contributed by atoms with Gasteiger partial charge in [0.1, 0.15) is 11.5 Å². The van der Waals surface area contributed by atoms with E-state index in [0.29, 0.717) is 11.5 Å². The van der Waals surface area contributed by atoms with Gasteiger partial charge >= 0.3 is 11.9 Å². The molecule has 248 valence electrons. The van der Waals surface area contributed by atoms with Gasteiger partial charge in [0.15, 0.2) is 11.6 Å². The summed E-state index contributed by atoms with van der Waals surface area (Å²) < 4.78 is 66.8. The molecule has 2 N–H and O–H groups in total. The van der Waals surface area contributed by atoms with Crippen molar-refractivity contribution in [2.75, 3.05) is 49.9 Å². The predicted molar refractivity (Wildman–Crippen MR) is 164 cm³/mol. The quantitative estimate of drug-likeness (QED) is 0.198. The molecule has 0 bridgehead atoms. The number of anilines is 2. The number of carbonyl (C=O) groups is 2. The molecule has 0 fully saturated rings. The van der Waals surface area contributed by atoms with E-state index in [0.717, 1.165) is 27.9 Å². The Balaban J connectivity index is 0.000000251. The van der Waals surface area contributed by atoms with Gasteiger partial charge in [-0.2, -0.15) is 0 Å². The number of ether oxygens (including phenoxy) is 3. The van der Waals surface area contributed by atoms with Gasteiger partial charge in [-0.1, -0.05) is 34.7 Å². The summed E-state index contributed by atoms with van der Waals surface area (Å²) in [4.78, 5) is 22.9. The van der Waals surface area contributed by atoms with E-state index in [1.165, 1.54) is 23.5 Å². The number of aromatic nitrogens is 6. The third-order valence-electron chi connectivity index (χ3n) is 6.09. The monoisotopic (exact) mass is 680 g/mol. The van der Waals surface area contributed by atoms with Crippen molar-refractivity contribution in [2.24, 2.45) is 0 Å². The Labute approximate surface area is 264 Å². The van der Waals surface area contributed by atoms with E-state index in [9.17, 15) is 26.4 Å². The second-order valence-corrected chi connectivity index (χ2v) is 13.2. The zero-order valence-corrected chi connectivity index (χ0v) is 27.2. The van der Waals surface area contributed by atoms with Crippen LogP contribution in [0.5, 0.6) is 11.5 Å². The second kappa shape index (κ2) is 14.7. The van der Waals surface area contributed by atoms with Crippen molar-refractivity contribution >= 4 is 43.6 Å². The maximum Gasteiger partial charge on any atom is 0.362 e. The summed E-state index contributed by atoms with van der Waals surface area (Å²) in [7, 11) is -1.65. The standard InChI is InChI=1S/C14H18N4O5S.C12H14N4O5S/c1-17(24(4,20)21)13-12(14(19)23-3)15-16-18(13)9-10-5-7-11(22-2)8-6-10;1-21-9-5-3-8(4-6-9)7-16-11(14-22(2,19)20)10(12(17)18)13-15-16/h5-8H,9H2,1-4H3;3-6,14H,7H2,1-2H3,(H,17,18). The molecule has 2 heterocycles. The summed E-state index contributed by atoms with van der Waals surface area (Å²) in [5.74, 6) is -0.913. The summed E-state index contributed by atoms with van der Waals surface area (Å²) in [5.41, 5.74) is 0.984. The molecule has 0 aliphatic rings. The number of carboxylic acid groups (broad SMARTS) is 1. The van der Waals surface area contributed by atoms with Gasteiger partial charge in [-0.15, -0.1) is 10.2 Å². The number of carboxylic acids is 1. The first-order valence-corrected chi connectivity index (χ1v) is 16.7. The van der Waals surface area contributed by atoms with Gasteiger partial charge in [0.2, 0.25) is 31.4 Å². The first kappa shape index (κ1) is 35.2. The number of aromatic carboxylic acids is 1. The fourth-order valence-electron chi connectivity index (χ4n) is 3.76. The lowest BCUT2D eigenvalue weighted by molar-refractivity contribution is 0.0594. The summed E-state index contributed by atoms with van der Waals surface area (Å²) in [6.45, 7) is 0.380. The van der Waals surface area contributed by atoms with Gasteiger partial charge in [-0.25, -0.2) is 35.8 Å². The number of rotatable bonds is 12. The Morgan fingerprint density at radius 3 is 1.67 bits per heavy atom. The molecular weight excluding hydrogens is 648 g/mol. The highest BCUT2D eigenvalue weighted by Crippen LogP contribution is 2.23. The van der Waals surface area contributed by atoms with Crippen molar-refractivity contribution in [3.8, 4) is 11.5 Å². The van der Waals surface area contributed by atoms with E-state index < -0.39 is 37.7 Å². The summed E-state index contributed by atoms with van der Waals surface area (Å²) in [6.07, 6.45) is 1.95. The predicted octanol–water partition coefficient (Wildman–Crippen LogP) is 0.922. The molecule has 20 heteroatoms. The topological polar surface area (TPSA) is 227 Å². The van der Waals surface area contributed by atoms with Gasteiger partial charge < -0.3 is 19.3 Å². The van der Waals surface area contributed by atoms with Gasteiger partial charge in [0, 0.05) is 7.05 Å². The van der Waals surface area contributed by atoms with Crippen LogP contribution in [0.1, 0.15) is 32.1 Å². The molecule has 0 unspecified atom stereocenters. The molecule has 0 amide bonds. The molecule has 2 aromatic carbocycles. The van der Waals surface area contributed by atoms with Crippen LogP contribution in [0.2, 0.25) is 0 Å². The second-order valence-electron chi connectivity index (χ2n) is 9.46. The molecule has 18 nitrogen and oxygen atoms in total. The minimum absolute atomic E-state index is 0.0418. The lowest BCUT2D eigenvalue weighted by Gasteiger charge is -2.18. The maximum atomic E-state index is 11.9. The highest BCUT2D eigenvalue weighted by molar-refractivity contribution is 7.92. The highest BCUT2D eigenvalue weighted by atomic mass is 32.2. The fraction of sp³-hybridized carbons (Fsp3) is 0.308. The van der Waals surface area contributed by atoms with E-state index in [-0.39, 0.29) is 30.4 Å². The normalized spacial score (nSPS) is 11.2. The summed E-state index contributed by atoms with van der Waals surface area (Å²) in [6, 6.07) is 14.1. The third kappa shape index (κ3) is 9.14. The first-order valence-electron chi connectivity index (χ1n) is 12.9. The van der Waals surface area contributed by atoms with Gasteiger partial charge in [-0.05, 0) is 35.4 Å². The smallest absolute Gasteiger partial charge is 0.362 e. The molecule has 0 saturated carbocycles. The van der Waals surface area contributed by atoms with Crippen molar-refractivity contribution in [3.05, 3.63) is 71.0 Å². The molecule has 0 aliphatic heterocycles. The molecule has 4 rings (SSSR count). The molecular formula is C26H32N8O10S2. The SMILES string of the molecule is COC(=O)c1nnn(Cc2ccc(OC)cc2)c1N(C)S(C)(=O)=O.COc1ccc(Cn2nnc(C(=O)O)c2NS(C)(=O)=O)cc1. The van der Waals surface area contributed by atoms with Crippen molar-refractivity contribution < 1.29 is 45.7 Å². The molecule has 4 aromatic rings. The minimum atomic E-state index is -3.66. The average Bonchev–Trinajstić information content (AvgIpc) is 3.60. The lowest BCUT2D eigenvalue weighted by atomic mass is 10.2. The molecule has 0 aliphatic carbocycles. The van der Waals surface area contributed by atoms with Gasteiger partial charge in [0.05, 0.1) is 46.9 Å². The zero-order valence-electron chi connectivity index (χ0n) is 25.6. The van der Waals surface area contributed by atoms with Crippen LogP contribution in [-0.4, -0.2) is 105 Å². The fourth-order valence-corrected chi connectivity index (χ4v) is 4.81. The van der Waals surface area contributed by atoms with Crippen molar-refractivity contribution in [2.45, 2.75) is 13.1 Å². The number of hydrogen-bond donors (Lipinski definition) is 2. The number of methoxy groups -OCH3 is 3. The largest absolute Gasteiger partial charge is 0.497 e. The zero-order chi connectivity index (χ0) is 34.2. The Morgan fingerprint density at radius 1 is 0.804 bits per heavy atom. The van der Waals surface area contributed by atoms with E-state index in [1.807, 2.05) is 12.1 Å². The molecule has 0 saturated heterocycles. The Morgan fingerprint density at radius 2 is 1.26 bits per heavy atom. The number of esters is 1. The van der Waals surface area contributed by atoms with Crippen LogP contribution in [0.3, 0.4) is 0 Å². The minimum Gasteiger partial charge on any atom is -0.497 e. The van der Waals surface area contributed by atoms with Crippen LogP contribution in [0.4, 0.5) is 11.6 Å². The Bertz CT molecular complexity index is 1890. The summed E-state index contributed by atoms with van der Waals surface area (Å²) >= 11 is 0. The number of hydrogen-bond acceptors (Lipinski definition) is 13. The summed E-state index contributed by atoms with van der Waals surface area (Å²) in [5, 5.41) is 23.9. The lowest BCUT2D eigenvalue weighted by Crippen LogP contribution is -2.29. The molecule has 0 spiro atoms. The number of sulfonamides is 2. The number of nitrogens with one attached hydrogen (secondary N) is 1. The van der Waals surface area contributed by atoms with Crippen LogP contribution in [0.15, 0.2) is 48.5 Å². The number of carbonyl (C=O) groups excluding carboxylic acids is 1. The highest BCUT2D eigenvalue weighted by Gasteiger charge is 2.28. The van der Waals surface area contributed by atoms with E-state index in [1.54, 1.807) is 50.6 Å². The van der Waals surface area contributed by atoms with Crippen molar-refractivity contribution in [3.63, 3.8) is 0 Å².